The summed E-state index contributed by atoms with van der Waals surface area (Å²) in [4.78, 5) is 13.5. The molecule has 0 saturated carbocycles. The normalized spacial score (nSPS) is 13.0. The van der Waals surface area contributed by atoms with Gasteiger partial charge in [0.25, 0.3) is 5.91 Å². The summed E-state index contributed by atoms with van der Waals surface area (Å²) in [5.74, 6) is 0.487. The molecule has 6 heteroatoms. The molecule has 0 fully saturated rings. The lowest BCUT2D eigenvalue weighted by molar-refractivity contribution is -0.118. The Balaban J connectivity index is 1.70. The molecule has 0 spiro atoms. The topological polar surface area (TPSA) is 62.1 Å². The van der Waals surface area contributed by atoms with E-state index in [1.165, 1.54) is 16.2 Å². The Morgan fingerprint density at radius 2 is 2.00 bits per heavy atom. The lowest BCUT2D eigenvalue weighted by Crippen LogP contribution is -2.20. The van der Waals surface area contributed by atoms with Crippen molar-refractivity contribution in [3.63, 3.8) is 0 Å². The number of amides is 1. The van der Waals surface area contributed by atoms with Crippen LogP contribution < -0.4 is 10.1 Å². The zero-order chi connectivity index (χ0) is 18.0. The highest BCUT2D eigenvalue weighted by atomic mass is 79.9. The van der Waals surface area contributed by atoms with Gasteiger partial charge in [0, 0.05) is 9.35 Å². The van der Waals surface area contributed by atoms with Crippen molar-refractivity contribution in [3.8, 4) is 11.8 Å². The number of nitrogens with zero attached hydrogens (tertiary/aromatic N) is 1. The summed E-state index contributed by atoms with van der Waals surface area (Å²) in [5.41, 5.74) is 3.70. The molecule has 1 N–H and O–H groups in total. The second-order valence-electron chi connectivity index (χ2n) is 6.23. The largest absolute Gasteiger partial charge is 0.483 e. The standard InChI is InChI=1S/C19H19BrN2O2S/c1-11-7-13(20)8-12(2)18(11)24-10-17(23)22-19-15(9-21)14-5-3-4-6-16(14)25-19/h7-8H,3-6,10H2,1-2H3,(H,22,23). The molecule has 4 nitrogen and oxygen atoms in total. The number of halogens is 1. The second-order valence-corrected chi connectivity index (χ2v) is 8.25. The molecule has 0 atom stereocenters. The monoisotopic (exact) mass is 418 g/mol. The van der Waals surface area contributed by atoms with Crippen LogP contribution in [0.3, 0.4) is 0 Å². The first-order valence-electron chi connectivity index (χ1n) is 8.23. The van der Waals surface area contributed by atoms with E-state index >= 15 is 0 Å². The third kappa shape index (κ3) is 3.88. The van der Waals surface area contributed by atoms with E-state index in [9.17, 15) is 10.1 Å². The van der Waals surface area contributed by atoms with Gasteiger partial charge < -0.3 is 10.1 Å². The van der Waals surface area contributed by atoms with Crippen LogP contribution in [0.25, 0.3) is 0 Å². The number of nitrogens with one attached hydrogen (secondary N) is 1. The third-order valence-corrected chi connectivity index (χ3v) is 5.97. The SMILES string of the molecule is Cc1cc(Br)cc(C)c1OCC(=O)Nc1sc2c(c1C#N)CCCC2. The van der Waals surface area contributed by atoms with Crippen molar-refractivity contribution >= 4 is 38.2 Å². The van der Waals surface area contributed by atoms with E-state index in [4.69, 9.17) is 4.74 Å². The molecule has 130 valence electrons. The van der Waals surface area contributed by atoms with Crippen molar-refractivity contribution in [2.45, 2.75) is 39.5 Å². The van der Waals surface area contributed by atoms with Crippen molar-refractivity contribution in [2.75, 3.05) is 11.9 Å². The van der Waals surface area contributed by atoms with Gasteiger partial charge in [-0.05, 0) is 68.4 Å². The first-order valence-corrected chi connectivity index (χ1v) is 9.84. The quantitative estimate of drug-likeness (QED) is 0.767. The van der Waals surface area contributed by atoms with E-state index in [1.807, 2.05) is 26.0 Å². The van der Waals surface area contributed by atoms with E-state index < -0.39 is 0 Å². The fourth-order valence-electron chi connectivity index (χ4n) is 3.20. The van der Waals surface area contributed by atoms with Gasteiger partial charge in [0.05, 0.1) is 5.56 Å². The molecule has 1 heterocycles. The molecule has 1 aromatic carbocycles. The van der Waals surface area contributed by atoms with E-state index in [0.717, 1.165) is 52.6 Å². The van der Waals surface area contributed by atoms with Crippen molar-refractivity contribution < 1.29 is 9.53 Å². The Morgan fingerprint density at radius 1 is 1.32 bits per heavy atom. The number of rotatable bonds is 4. The van der Waals surface area contributed by atoms with Gasteiger partial charge >= 0.3 is 0 Å². The van der Waals surface area contributed by atoms with Crippen LogP contribution in [-0.2, 0) is 17.6 Å². The number of hydrogen-bond donors (Lipinski definition) is 1. The van der Waals surface area contributed by atoms with Gasteiger partial charge in [-0.25, -0.2) is 0 Å². The molecule has 0 saturated heterocycles. The van der Waals surface area contributed by atoms with Crippen LogP contribution in [0.2, 0.25) is 0 Å². The van der Waals surface area contributed by atoms with Gasteiger partial charge in [0.15, 0.2) is 6.61 Å². The Bertz CT molecular complexity index is 844. The number of carbonyl (C=O) groups excluding carboxylic acids is 1. The van der Waals surface area contributed by atoms with Crippen LogP contribution >= 0.6 is 27.3 Å². The second kappa shape index (κ2) is 7.59. The lowest BCUT2D eigenvalue weighted by atomic mass is 9.96. The van der Waals surface area contributed by atoms with Crippen LogP contribution in [0, 0.1) is 25.2 Å². The molecular weight excluding hydrogens is 400 g/mol. The molecule has 25 heavy (non-hydrogen) atoms. The highest BCUT2D eigenvalue weighted by Gasteiger charge is 2.22. The number of ether oxygens (including phenoxy) is 1. The van der Waals surface area contributed by atoms with Crippen molar-refractivity contribution in [1.29, 1.82) is 5.26 Å². The van der Waals surface area contributed by atoms with E-state index in [2.05, 4.69) is 27.3 Å². The molecule has 3 rings (SSSR count). The number of carbonyl (C=O) groups is 1. The highest BCUT2D eigenvalue weighted by molar-refractivity contribution is 9.10. The fourth-order valence-corrected chi connectivity index (χ4v) is 5.14. The van der Waals surface area contributed by atoms with Crippen molar-refractivity contribution in [3.05, 3.63) is 43.7 Å². The first kappa shape index (κ1) is 18.0. The Hall–Kier alpha value is -1.84. The molecule has 1 amide bonds. The lowest BCUT2D eigenvalue weighted by Gasteiger charge is -2.12. The zero-order valence-corrected chi connectivity index (χ0v) is 16.6. The maximum atomic E-state index is 12.3. The van der Waals surface area contributed by atoms with Crippen LogP contribution in [0.4, 0.5) is 5.00 Å². The molecule has 1 aliphatic rings. The molecule has 0 unspecified atom stereocenters. The fraction of sp³-hybridized carbons (Fsp3) is 0.368. The summed E-state index contributed by atoms with van der Waals surface area (Å²) in [5, 5.41) is 13.0. The number of fused-ring (bicyclic) bond motifs is 1. The Morgan fingerprint density at radius 3 is 2.68 bits per heavy atom. The minimum Gasteiger partial charge on any atom is -0.483 e. The van der Waals surface area contributed by atoms with Gasteiger partial charge in [-0.3, -0.25) is 4.79 Å². The van der Waals surface area contributed by atoms with E-state index in [1.54, 1.807) is 0 Å². The molecule has 1 aromatic heterocycles. The average molecular weight is 419 g/mol. The molecule has 0 radical (unpaired) electrons. The molecule has 0 bridgehead atoms. The Labute approximate surface area is 159 Å². The highest BCUT2D eigenvalue weighted by Crippen LogP contribution is 2.37. The maximum absolute atomic E-state index is 12.3. The smallest absolute Gasteiger partial charge is 0.262 e. The average Bonchev–Trinajstić information content (AvgIpc) is 2.90. The van der Waals surface area contributed by atoms with Gasteiger partial charge in [0.1, 0.15) is 16.8 Å². The summed E-state index contributed by atoms with van der Waals surface area (Å²) in [6, 6.07) is 6.18. The first-order chi connectivity index (χ1) is 12.0. The zero-order valence-electron chi connectivity index (χ0n) is 14.2. The number of benzene rings is 1. The van der Waals surface area contributed by atoms with Crippen LogP contribution in [-0.4, -0.2) is 12.5 Å². The van der Waals surface area contributed by atoms with Crippen LogP contribution in [0.15, 0.2) is 16.6 Å². The third-order valence-electron chi connectivity index (χ3n) is 4.31. The van der Waals surface area contributed by atoms with E-state index in [-0.39, 0.29) is 12.5 Å². The number of hydrogen-bond acceptors (Lipinski definition) is 4. The molecule has 2 aromatic rings. The number of aryl methyl sites for hydroxylation is 3. The van der Waals surface area contributed by atoms with Crippen LogP contribution in [0.5, 0.6) is 5.75 Å². The molecule has 0 aliphatic heterocycles. The number of nitriles is 1. The molecule has 1 aliphatic carbocycles. The Kier molecular flexibility index (Phi) is 5.45. The minimum absolute atomic E-state index is 0.0727. The molecular formula is C19H19BrN2O2S. The summed E-state index contributed by atoms with van der Waals surface area (Å²) in [6.45, 7) is 3.83. The minimum atomic E-state index is -0.239. The van der Waals surface area contributed by atoms with Gasteiger partial charge in [0.2, 0.25) is 0 Å². The predicted octanol–water partition coefficient (Wildman–Crippen LogP) is 4.90. The summed E-state index contributed by atoms with van der Waals surface area (Å²) >= 11 is 4.98. The number of anilines is 1. The van der Waals surface area contributed by atoms with Gasteiger partial charge in [-0.15, -0.1) is 11.3 Å². The maximum Gasteiger partial charge on any atom is 0.262 e. The predicted molar refractivity (Wildman–Crippen MR) is 103 cm³/mol. The summed E-state index contributed by atoms with van der Waals surface area (Å²) < 4.78 is 6.71. The number of thiophene rings is 1. The van der Waals surface area contributed by atoms with Crippen LogP contribution in [0.1, 0.15) is 40.0 Å². The van der Waals surface area contributed by atoms with Gasteiger partial charge in [-0.1, -0.05) is 15.9 Å². The van der Waals surface area contributed by atoms with E-state index in [0.29, 0.717) is 10.6 Å². The van der Waals surface area contributed by atoms with Gasteiger partial charge in [-0.2, -0.15) is 5.26 Å². The van der Waals surface area contributed by atoms with Crippen molar-refractivity contribution in [2.24, 2.45) is 0 Å². The van der Waals surface area contributed by atoms with Crippen molar-refractivity contribution in [1.82, 2.24) is 0 Å². The summed E-state index contributed by atoms with van der Waals surface area (Å²) in [7, 11) is 0. The summed E-state index contributed by atoms with van der Waals surface area (Å²) in [6.07, 6.45) is 4.19.